The van der Waals surface area contributed by atoms with Gasteiger partial charge < -0.3 is 15.2 Å². The summed E-state index contributed by atoms with van der Waals surface area (Å²) in [4.78, 5) is 38.3. The van der Waals surface area contributed by atoms with Gasteiger partial charge in [-0.05, 0) is 39.7 Å². The van der Waals surface area contributed by atoms with Crippen LogP contribution in [0.4, 0.5) is 0 Å². The summed E-state index contributed by atoms with van der Waals surface area (Å²) >= 11 is 1.60. The summed E-state index contributed by atoms with van der Waals surface area (Å²) in [5, 5.41) is 3.96. The number of thioether (sulfide) groups is 1. The first-order valence-electron chi connectivity index (χ1n) is 9.01. The zero-order valence-corrected chi connectivity index (χ0v) is 16.7. The van der Waals surface area contributed by atoms with E-state index in [1.165, 1.54) is 6.08 Å². The molecule has 0 aliphatic carbocycles. The number of carbonyl (C=O) groups excluding carboxylic acids is 2. The monoisotopic (exact) mass is 387 g/mol. The summed E-state index contributed by atoms with van der Waals surface area (Å²) in [6, 6.07) is 0. The van der Waals surface area contributed by atoms with Crippen molar-refractivity contribution in [2.75, 3.05) is 13.1 Å². The van der Waals surface area contributed by atoms with E-state index in [1.54, 1.807) is 24.2 Å². The quantitative estimate of drug-likeness (QED) is 0.787. The van der Waals surface area contributed by atoms with Crippen LogP contribution in [0.2, 0.25) is 0 Å². The topological polar surface area (TPSA) is 91.0 Å². The van der Waals surface area contributed by atoms with Gasteiger partial charge in [-0.15, -0.1) is 0 Å². The highest BCUT2D eigenvalue weighted by Gasteiger charge is 2.24. The van der Waals surface area contributed by atoms with Gasteiger partial charge in [-0.2, -0.15) is 0 Å². The van der Waals surface area contributed by atoms with Gasteiger partial charge >= 0.3 is 0 Å². The molecule has 2 N–H and O–H groups in total. The molecule has 0 spiro atoms. The summed E-state index contributed by atoms with van der Waals surface area (Å²) in [6.07, 6.45) is 6.68. The van der Waals surface area contributed by atoms with E-state index in [9.17, 15) is 9.59 Å². The van der Waals surface area contributed by atoms with Gasteiger partial charge in [0.25, 0.3) is 5.91 Å². The zero-order valence-electron chi connectivity index (χ0n) is 15.9. The average molecular weight is 388 g/mol. The molecule has 1 aliphatic rings. The van der Waals surface area contributed by atoms with Crippen LogP contribution < -0.4 is 5.32 Å². The Morgan fingerprint density at radius 1 is 1.44 bits per heavy atom. The van der Waals surface area contributed by atoms with Gasteiger partial charge in [0.1, 0.15) is 10.5 Å². The van der Waals surface area contributed by atoms with Gasteiger partial charge in [-0.1, -0.05) is 18.3 Å². The molecule has 0 bridgehead atoms. The number of fused-ring (bicyclic) bond motifs is 1. The van der Waals surface area contributed by atoms with Crippen LogP contribution in [-0.4, -0.2) is 55.5 Å². The Kier molecular flexibility index (Phi) is 5.55. The van der Waals surface area contributed by atoms with Crippen LogP contribution in [0, 0.1) is 0 Å². The summed E-state index contributed by atoms with van der Waals surface area (Å²) in [6.45, 7) is 10.8. The summed E-state index contributed by atoms with van der Waals surface area (Å²) in [5.41, 5.74) is 1.31. The van der Waals surface area contributed by atoms with E-state index >= 15 is 0 Å². The van der Waals surface area contributed by atoms with E-state index in [2.05, 4.69) is 26.8 Å². The van der Waals surface area contributed by atoms with Crippen LogP contribution in [0.1, 0.15) is 44.0 Å². The van der Waals surface area contributed by atoms with Crippen LogP contribution in [-0.2, 0) is 4.79 Å². The number of nitrogens with one attached hydrogen (secondary N) is 2. The van der Waals surface area contributed by atoms with Crippen molar-refractivity contribution < 1.29 is 9.59 Å². The smallest absolute Gasteiger partial charge is 0.255 e. The first-order valence-corrected chi connectivity index (χ1v) is 9.89. The predicted octanol–water partition coefficient (Wildman–Crippen LogP) is 2.76. The average Bonchev–Trinajstić information content (AvgIpc) is 3.03. The van der Waals surface area contributed by atoms with E-state index in [0.717, 1.165) is 24.4 Å². The molecule has 1 aliphatic heterocycles. The maximum absolute atomic E-state index is 12.5. The Morgan fingerprint density at radius 3 is 2.93 bits per heavy atom. The third-order valence-electron chi connectivity index (χ3n) is 4.24. The minimum Gasteiger partial charge on any atom is -0.347 e. The molecule has 1 fully saturated rings. The van der Waals surface area contributed by atoms with Crippen molar-refractivity contribution in [3.63, 3.8) is 0 Å². The van der Waals surface area contributed by atoms with Crippen LogP contribution in [0.25, 0.3) is 11.2 Å². The van der Waals surface area contributed by atoms with Crippen LogP contribution in [0.5, 0.6) is 0 Å². The van der Waals surface area contributed by atoms with Crippen LogP contribution in [0.15, 0.2) is 30.1 Å². The molecule has 1 unspecified atom stereocenters. The minimum atomic E-state index is -0.330. The second-order valence-corrected chi connectivity index (χ2v) is 9.00. The number of H-pyrrole nitrogens is 1. The normalized spacial score (nSPS) is 17.7. The lowest BCUT2D eigenvalue weighted by Gasteiger charge is -2.31. The second kappa shape index (κ2) is 7.72. The lowest BCUT2D eigenvalue weighted by molar-refractivity contribution is -0.126. The number of rotatable bonds is 4. The molecule has 144 valence electrons. The van der Waals surface area contributed by atoms with E-state index in [1.807, 2.05) is 25.7 Å². The number of nitrogens with zero attached hydrogens (tertiary/aromatic N) is 3. The zero-order chi connectivity index (χ0) is 19.6. The molecule has 3 rings (SSSR count). The molecular weight excluding hydrogens is 362 g/mol. The number of hydrogen-bond acceptors (Lipinski definition) is 5. The highest BCUT2D eigenvalue weighted by molar-refractivity contribution is 7.99. The van der Waals surface area contributed by atoms with Gasteiger partial charge in [0, 0.05) is 30.1 Å². The number of likely N-dealkylation sites (tertiary alicyclic amines) is 1. The van der Waals surface area contributed by atoms with Crippen LogP contribution in [0.3, 0.4) is 0 Å². The fourth-order valence-corrected chi connectivity index (χ4v) is 4.19. The lowest BCUT2D eigenvalue weighted by atomic mass is 10.1. The van der Waals surface area contributed by atoms with Crippen molar-refractivity contribution in [3.8, 4) is 0 Å². The maximum atomic E-state index is 12.5. The molecule has 2 amide bonds. The largest absolute Gasteiger partial charge is 0.347 e. The molecule has 27 heavy (non-hydrogen) atoms. The fourth-order valence-electron chi connectivity index (χ4n) is 3.05. The summed E-state index contributed by atoms with van der Waals surface area (Å²) in [7, 11) is 0. The van der Waals surface area contributed by atoms with Crippen LogP contribution >= 0.6 is 11.8 Å². The summed E-state index contributed by atoms with van der Waals surface area (Å²) < 4.78 is 0. The third kappa shape index (κ3) is 4.68. The van der Waals surface area contributed by atoms with E-state index < -0.39 is 0 Å². The minimum absolute atomic E-state index is 0.0337. The fraction of sp³-hybridized carbons (Fsp3) is 0.474. The van der Waals surface area contributed by atoms with Gasteiger partial charge in [0.15, 0.2) is 5.65 Å². The van der Waals surface area contributed by atoms with Crippen molar-refractivity contribution in [1.82, 2.24) is 25.2 Å². The molecule has 0 saturated carbocycles. The Labute approximate surface area is 163 Å². The molecule has 2 aromatic heterocycles. The Balaban J connectivity index is 1.78. The van der Waals surface area contributed by atoms with Crippen molar-refractivity contribution in [2.45, 2.75) is 49.4 Å². The summed E-state index contributed by atoms with van der Waals surface area (Å²) in [5.74, 6) is -0.209. The molecule has 0 aromatic carbocycles. The number of hydrogen-bond donors (Lipinski definition) is 2. The highest BCUT2D eigenvalue weighted by atomic mass is 32.2. The first kappa shape index (κ1) is 19.4. The molecule has 1 atom stereocenters. The Morgan fingerprint density at radius 2 is 2.22 bits per heavy atom. The van der Waals surface area contributed by atoms with Gasteiger partial charge in [-0.3, -0.25) is 9.59 Å². The van der Waals surface area contributed by atoms with Crippen molar-refractivity contribution in [3.05, 3.63) is 30.6 Å². The molecule has 3 heterocycles. The van der Waals surface area contributed by atoms with Crippen molar-refractivity contribution in [1.29, 1.82) is 0 Å². The van der Waals surface area contributed by atoms with Crippen molar-refractivity contribution in [2.24, 2.45) is 0 Å². The molecular formula is C19H25N5O2S. The molecule has 8 heteroatoms. The number of aromatic amines is 1. The third-order valence-corrected chi connectivity index (χ3v) is 5.40. The second-order valence-electron chi connectivity index (χ2n) is 7.68. The van der Waals surface area contributed by atoms with E-state index in [-0.39, 0.29) is 22.6 Å². The first-order chi connectivity index (χ1) is 12.8. The number of aromatic nitrogens is 3. The standard InChI is InChI=1S/C19H25N5O2S/c1-5-15(25)24-8-6-7-12(11-24)27-14-10-21-17-16(22-14)13(9-20-17)18(26)23-19(2,3)4/h5,9-10,12H,1,6-8,11H2,2-4H3,(H,20,21)(H,23,26). The molecule has 2 aromatic rings. The highest BCUT2D eigenvalue weighted by Crippen LogP contribution is 2.29. The predicted molar refractivity (Wildman–Crippen MR) is 107 cm³/mol. The number of carbonyl (C=O) groups is 2. The van der Waals surface area contributed by atoms with Gasteiger partial charge in [0.2, 0.25) is 5.91 Å². The number of piperidine rings is 1. The maximum Gasteiger partial charge on any atom is 0.255 e. The molecule has 1 saturated heterocycles. The van der Waals surface area contributed by atoms with E-state index in [0.29, 0.717) is 23.3 Å². The number of amides is 2. The van der Waals surface area contributed by atoms with Gasteiger partial charge in [0.05, 0.1) is 11.8 Å². The lowest BCUT2D eigenvalue weighted by Crippen LogP contribution is -2.40. The Bertz CT molecular complexity index is 871. The van der Waals surface area contributed by atoms with Gasteiger partial charge in [-0.25, -0.2) is 9.97 Å². The van der Waals surface area contributed by atoms with E-state index in [4.69, 9.17) is 0 Å². The molecule has 0 radical (unpaired) electrons. The SMILES string of the molecule is C=CC(=O)N1CCCC(Sc2cnc3[nH]cc(C(=O)NC(C)(C)C)c3n2)C1. The molecule has 7 nitrogen and oxygen atoms in total. The van der Waals surface area contributed by atoms with Crippen molar-refractivity contribution >= 4 is 34.7 Å². The Hall–Kier alpha value is -2.35.